The summed E-state index contributed by atoms with van der Waals surface area (Å²) in [5.74, 6) is 0.232. The summed E-state index contributed by atoms with van der Waals surface area (Å²) in [5.41, 5.74) is 1.54. The van der Waals surface area contributed by atoms with Crippen molar-refractivity contribution in [1.29, 1.82) is 0 Å². The van der Waals surface area contributed by atoms with Crippen LogP contribution in [0.3, 0.4) is 0 Å². The van der Waals surface area contributed by atoms with E-state index in [0.29, 0.717) is 22.3 Å². The molecule has 0 aromatic heterocycles. The summed E-state index contributed by atoms with van der Waals surface area (Å²) in [7, 11) is 0. The molecule has 140 valence electrons. The zero-order valence-electron chi connectivity index (χ0n) is 15.1. The number of hydrogen-bond donors (Lipinski definition) is 1. The molecule has 0 spiro atoms. The van der Waals surface area contributed by atoms with Gasteiger partial charge in [-0.3, -0.25) is 0 Å². The first-order valence-electron chi connectivity index (χ1n) is 8.42. The number of halogens is 3. The number of hydrogen-bond acceptors (Lipinski definition) is 3. The van der Waals surface area contributed by atoms with Crippen molar-refractivity contribution in [3.63, 3.8) is 0 Å². The van der Waals surface area contributed by atoms with Gasteiger partial charge in [-0.05, 0) is 58.4 Å². The van der Waals surface area contributed by atoms with E-state index < -0.39 is 17.8 Å². The van der Waals surface area contributed by atoms with Crippen LogP contribution in [0.4, 0.5) is 13.2 Å². The number of phenols is 1. The lowest BCUT2D eigenvalue weighted by Crippen LogP contribution is -2.06. The van der Waals surface area contributed by atoms with E-state index >= 15 is 0 Å². The molecule has 0 aliphatic heterocycles. The van der Waals surface area contributed by atoms with Crippen LogP contribution in [0.5, 0.6) is 5.75 Å². The van der Waals surface area contributed by atoms with Crippen LogP contribution in [-0.2, 0) is 6.18 Å². The van der Waals surface area contributed by atoms with Crippen LogP contribution in [-0.4, -0.2) is 5.11 Å². The molecule has 1 unspecified atom stereocenters. The van der Waals surface area contributed by atoms with Gasteiger partial charge in [-0.25, -0.2) is 0 Å². The van der Waals surface area contributed by atoms with Crippen LogP contribution in [0.2, 0.25) is 0 Å². The van der Waals surface area contributed by atoms with Crippen molar-refractivity contribution in [2.24, 2.45) is 5.18 Å². The molecule has 0 saturated carbocycles. The molecule has 2 aromatic rings. The standard InChI is InChI=1S/C20H22F3NO2/c1-11(2)16-9-14(10-17(12(3)4)19(16)25)18(24-26)13-5-7-15(8-6-13)20(21,22)23/h5-12,18,25H,1-4H3. The van der Waals surface area contributed by atoms with E-state index in [1.165, 1.54) is 12.1 Å². The van der Waals surface area contributed by atoms with Crippen LogP contribution in [0.25, 0.3) is 0 Å². The molecule has 2 rings (SSSR count). The molecule has 0 aliphatic rings. The van der Waals surface area contributed by atoms with Crippen LogP contribution >= 0.6 is 0 Å². The Kier molecular flexibility index (Phi) is 5.74. The maximum atomic E-state index is 12.7. The fourth-order valence-electron chi connectivity index (χ4n) is 2.91. The molecule has 26 heavy (non-hydrogen) atoms. The van der Waals surface area contributed by atoms with Gasteiger partial charge in [0.1, 0.15) is 11.8 Å². The molecule has 2 aromatic carbocycles. The fraction of sp³-hybridized carbons (Fsp3) is 0.400. The zero-order chi connectivity index (χ0) is 19.6. The summed E-state index contributed by atoms with van der Waals surface area (Å²) in [4.78, 5) is 11.5. The van der Waals surface area contributed by atoms with Gasteiger partial charge < -0.3 is 5.11 Å². The average Bonchev–Trinajstić information content (AvgIpc) is 2.55. The van der Waals surface area contributed by atoms with Crippen LogP contribution in [0.15, 0.2) is 41.6 Å². The summed E-state index contributed by atoms with van der Waals surface area (Å²) in [6.45, 7) is 7.68. The highest BCUT2D eigenvalue weighted by molar-refractivity contribution is 5.49. The minimum absolute atomic E-state index is 0.0207. The number of phenolic OH excluding ortho intramolecular Hbond substituents is 1. The first kappa shape index (κ1) is 19.9. The van der Waals surface area contributed by atoms with Crippen LogP contribution in [0.1, 0.15) is 73.4 Å². The minimum atomic E-state index is -4.43. The second-order valence-corrected chi connectivity index (χ2v) is 6.99. The summed E-state index contributed by atoms with van der Waals surface area (Å²) < 4.78 is 38.2. The molecule has 3 nitrogen and oxygen atoms in total. The number of benzene rings is 2. The molecular formula is C20H22F3NO2. The normalized spacial score (nSPS) is 13.3. The Bertz CT molecular complexity index is 752. The Labute approximate surface area is 150 Å². The van der Waals surface area contributed by atoms with E-state index in [4.69, 9.17) is 0 Å². The highest BCUT2D eigenvalue weighted by atomic mass is 19.4. The Morgan fingerprint density at radius 1 is 0.885 bits per heavy atom. The smallest absolute Gasteiger partial charge is 0.416 e. The largest absolute Gasteiger partial charge is 0.507 e. The van der Waals surface area contributed by atoms with E-state index in [9.17, 15) is 23.2 Å². The van der Waals surface area contributed by atoms with Crippen molar-refractivity contribution in [3.8, 4) is 5.75 Å². The topological polar surface area (TPSA) is 49.7 Å². The quantitative estimate of drug-likeness (QED) is 0.614. The Balaban J connectivity index is 2.55. The van der Waals surface area contributed by atoms with E-state index in [2.05, 4.69) is 5.18 Å². The van der Waals surface area contributed by atoms with Gasteiger partial charge in [-0.15, -0.1) is 4.91 Å². The van der Waals surface area contributed by atoms with E-state index in [1.807, 2.05) is 27.7 Å². The van der Waals surface area contributed by atoms with Crippen molar-refractivity contribution < 1.29 is 18.3 Å². The molecule has 0 fully saturated rings. The number of nitrogens with zero attached hydrogens (tertiary/aromatic N) is 1. The molecule has 0 bridgehead atoms. The van der Waals surface area contributed by atoms with Crippen molar-refractivity contribution >= 4 is 0 Å². The Morgan fingerprint density at radius 3 is 1.69 bits per heavy atom. The molecular weight excluding hydrogens is 343 g/mol. The highest BCUT2D eigenvalue weighted by Gasteiger charge is 2.30. The predicted octanol–water partition coefficient (Wildman–Crippen LogP) is 6.51. The molecule has 1 N–H and O–H groups in total. The Hall–Kier alpha value is -2.37. The Morgan fingerprint density at radius 2 is 1.35 bits per heavy atom. The first-order chi connectivity index (χ1) is 12.1. The lowest BCUT2D eigenvalue weighted by molar-refractivity contribution is -0.137. The second-order valence-electron chi connectivity index (χ2n) is 6.99. The van der Waals surface area contributed by atoms with Crippen molar-refractivity contribution in [2.45, 2.75) is 51.7 Å². The van der Waals surface area contributed by atoms with Crippen molar-refractivity contribution in [2.75, 3.05) is 0 Å². The summed E-state index contributed by atoms with van der Waals surface area (Å²) >= 11 is 0. The minimum Gasteiger partial charge on any atom is -0.507 e. The highest BCUT2D eigenvalue weighted by Crippen LogP contribution is 2.39. The molecule has 0 amide bonds. The molecule has 1 atom stereocenters. The number of aromatic hydroxyl groups is 1. The SMILES string of the molecule is CC(C)c1cc(C(N=O)c2ccc(C(F)(F)F)cc2)cc(C(C)C)c1O. The third kappa shape index (κ3) is 4.06. The monoisotopic (exact) mass is 365 g/mol. The van der Waals surface area contributed by atoms with Gasteiger partial charge in [0, 0.05) is 0 Å². The van der Waals surface area contributed by atoms with Gasteiger partial charge in [-0.2, -0.15) is 13.2 Å². The second kappa shape index (κ2) is 7.48. The molecule has 0 radical (unpaired) electrons. The van der Waals surface area contributed by atoms with Crippen LogP contribution in [0, 0.1) is 4.91 Å². The summed E-state index contributed by atoms with van der Waals surface area (Å²) in [6, 6.07) is 6.90. The van der Waals surface area contributed by atoms with E-state index in [0.717, 1.165) is 12.1 Å². The van der Waals surface area contributed by atoms with E-state index in [1.54, 1.807) is 12.1 Å². The van der Waals surface area contributed by atoms with Gasteiger partial charge in [-0.1, -0.05) is 45.0 Å². The van der Waals surface area contributed by atoms with Gasteiger partial charge in [0.2, 0.25) is 0 Å². The number of nitroso groups, excluding NO2 is 1. The lowest BCUT2D eigenvalue weighted by atomic mass is 9.88. The van der Waals surface area contributed by atoms with Gasteiger partial charge in [0.05, 0.1) is 5.56 Å². The zero-order valence-corrected chi connectivity index (χ0v) is 15.1. The fourth-order valence-corrected chi connectivity index (χ4v) is 2.91. The lowest BCUT2D eigenvalue weighted by Gasteiger charge is -2.20. The van der Waals surface area contributed by atoms with Gasteiger partial charge in [0.15, 0.2) is 0 Å². The summed E-state index contributed by atoms with van der Waals surface area (Å²) in [5, 5.41) is 13.6. The van der Waals surface area contributed by atoms with Gasteiger partial charge >= 0.3 is 6.18 Å². The molecule has 0 aliphatic carbocycles. The summed E-state index contributed by atoms with van der Waals surface area (Å²) in [6.07, 6.45) is -4.43. The maximum absolute atomic E-state index is 12.7. The third-order valence-corrected chi connectivity index (χ3v) is 4.41. The number of rotatable bonds is 5. The number of alkyl halides is 3. The van der Waals surface area contributed by atoms with E-state index in [-0.39, 0.29) is 17.6 Å². The molecule has 0 heterocycles. The maximum Gasteiger partial charge on any atom is 0.416 e. The van der Waals surface area contributed by atoms with Gasteiger partial charge in [0.25, 0.3) is 0 Å². The van der Waals surface area contributed by atoms with Crippen LogP contribution < -0.4 is 0 Å². The van der Waals surface area contributed by atoms with Crippen molar-refractivity contribution in [1.82, 2.24) is 0 Å². The third-order valence-electron chi connectivity index (χ3n) is 4.41. The predicted molar refractivity (Wildman–Crippen MR) is 95.4 cm³/mol. The molecule has 6 heteroatoms. The average molecular weight is 365 g/mol. The molecule has 0 saturated heterocycles. The van der Waals surface area contributed by atoms with Crippen molar-refractivity contribution in [3.05, 3.63) is 69.1 Å². The first-order valence-corrected chi connectivity index (χ1v) is 8.42.